The van der Waals surface area contributed by atoms with Crippen molar-refractivity contribution in [2.45, 2.75) is 25.3 Å². The lowest BCUT2D eigenvalue weighted by molar-refractivity contribution is -0.146. The van der Waals surface area contributed by atoms with Gasteiger partial charge in [0.15, 0.2) is 0 Å². The van der Waals surface area contributed by atoms with Crippen molar-refractivity contribution in [3.05, 3.63) is 0 Å². The molecule has 1 saturated heterocycles. The van der Waals surface area contributed by atoms with Crippen LogP contribution in [0, 0.1) is 5.92 Å². The van der Waals surface area contributed by atoms with Crippen LogP contribution >= 0.6 is 0 Å². The van der Waals surface area contributed by atoms with Crippen molar-refractivity contribution in [2.75, 3.05) is 33.5 Å². The Kier molecular flexibility index (Phi) is 6.37. The third-order valence-corrected chi connectivity index (χ3v) is 2.65. The first-order valence-electron chi connectivity index (χ1n) is 5.73. The summed E-state index contributed by atoms with van der Waals surface area (Å²) in [4.78, 5) is 11.5. The molecule has 0 radical (unpaired) electrons. The number of hydrogen-bond donors (Lipinski definition) is 1. The van der Waals surface area contributed by atoms with Crippen molar-refractivity contribution in [1.29, 1.82) is 0 Å². The summed E-state index contributed by atoms with van der Waals surface area (Å²) >= 11 is 0. The maximum absolute atomic E-state index is 11.5. The maximum Gasteiger partial charge on any atom is 0.322 e. The minimum atomic E-state index is -0.530. The van der Waals surface area contributed by atoms with E-state index < -0.39 is 6.04 Å². The zero-order valence-corrected chi connectivity index (χ0v) is 9.81. The van der Waals surface area contributed by atoms with Crippen LogP contribution in [0.5, 0.6) is 0 Å². The topological polar surface area (TPSA) is 70.8 Å². The molecule has 94 valence electrons. The minimum Gasteiger partial charge on any atom is -0.464 e. The highest BCUT2D eigenvalue weighted by Gasteiger charge is 2.20. The molecule has 1 aliphatic heterocycles. The van der Waals surface area contributed by atoms with E-state index in [0.717, 1.165) is 19.4 Å². The van der Waals surface area contributed by atoms with Crippen molar-refractivity contribution in [1.82, 2.24) is 0 Å². The second-order valence-electron chi connectivity index (χ2n) is 4.10. The largest absolute Gasteiger partial charge is 0.464 e. The molecule has 16 heavy (non-hydrogen) atoms. The van der Waals surface area contributed by atoms with Gasteiger partial charge in [0.05, 0.1) is 13.2 Å². The molecule has 1 fully saturated rings. The lowest BCUT2D eigenvalue weighted by atomic mass is 10.1. The smallest absolute Gasteiger partial charge is 0.322 e. The minimum absolute atomic E-state index is 0.317. The Balaban J connectivity index is 2.08. The number of rotatable bonds is 7. The highest BCUT2D eigenvalue weighted by atomic mass is 16.5. The highest BCUT2D eigenvalue weighted by molar-refractivity contribution is 5.75. The predicted molar refractivity (Wildman–Crippen MR) is 59.0 cm³/mol. The summed E-state index contributed by atoms with van der Waals surface area (Å²) in [6.45, 7) is 2.50. The zero-order valence-electron chi connectivity index (χ0n) is 9.81. The molecule has 0 spiro atoms. The Bertz CT molecular complexity index is 204. The summed E-state index contributed by atoms with van der Waals surface area (Å²) in [5.41, 5.74) is 5.68. The summed E-state index contributed by atoms with van der Waals surface area (Å²) in [6.07, 6.45) is 2.35. The van der Waals surface area contributed by atoms with Gasteiger partial charge in [0.2, 0.25) is 0 Å². The summed E-state index contributed by atoms with van der Waals surface area (Å²) in [5.74, 6) is 0.0260. The van der Waals surface area contributed by atoms with Crippen LogP contribution in [0.3, 0.4) is 0 Å². The Morgan fingerprint density at radius 2 is 2.44 bits per heavy atom. The quantitative estimate of drug-likeness (QED) is 0.504. The van der Waals surface area contributed by atoms with E-state index in [4.69, 9.17) is 19.9 Å². The molecule has 0 aromatic carbocycles. The summed E-state index contributed by atoms with van der Waals surface area (Å²) in [6, 6.07) is -0.530. The van der Waals surface area contributed by atoms with Gasteiger partial charge >= 0.3 is 5.97 Å². The molecule has 1 aliphatic rings. The van der Waals surface area contributed by atoms with Crippen molar-refractivity contribution in [3.8, 4) is 0 Å². The van der Waals surface area contributed by atoms with Crippen LogP contribution in [0.15, 0.2) is 0 Å². The molecule has 0 amide bonds. The molecule has 0 aliphatic carbocycles. The third-order valence-electron chi connectivity index (χ3n) is 2.65. The average molecular weight is 231 g/mol. The van der Waals surface area contributed by atoms with Crippen LogP contribution in [0.2, 0.25) is 0 Å². The number of carbonyl (C=O) groups is 1. The SMILES string of the molecule is COCCCC(N)C(=O)OCC1CCOC1. The number of carbonyl (C=O) groups excluding carboxylic acids is 1. The van der Waals surface area contributed by atoms with Crippen LogP contribution in [0.4, 0.5) is 0 Å². The number of ether oxygens (including phenoxy) is 3. The molecule has 0 saturated carbocycles. The molecule has 1 rings (SSSR count). The van der Waals surface area contributed by atoms with Crippen molar-refractivity contribution < 1.29 is 19.0 Å². The maximum atomic E-state index is 11.5. The number of hydrogen-bond acceptors (Lipinski definition) is 5. The summed E-state index contributed by atoms with van der Waals surface area (Å²) in [7, 11) is 1.63. The lowest BCUT2D eigenvalue weighted by Crippen LogP contribution is -2.33. The molecule has 5 heteroatoms. The van der Waals surface area contributed by atoms with Gasteiger partial charge in [0, 0.05) is 26.2 Å². The zero-order chi connectivity index (χ0) is 11.8. The van der Waals surface area contributed by atoms with E-state index in [0.29, 0.717) is 32.2 Å². The molecule has 0 aromatic heterocycles. The van der Waals surface area contributed by atoms with E-state index in [1.807, 2.05) is 0 Å². The van der Waals surface area contributed by atoms with E-state index in [1.165, 1.54) is 0 Å². The first kappa shape index (κ1) is 13.4. The fraction of sp³-hybridized carbons (Fsp3) is 0.909. The Morgan fingerprint density at radius 3 is 3.06 bits per heavy atom. The average Bonchev–Trinajstić information content (AvgIpc) is 2.79. The van der Waals surface area contributed by atoms with Crippen molar-refractivity contribution >= 4 is 5.97 Å². The molecule has 2 unspecified atom stereocenters. The lowest BCUT2D eigenvalue weighted by Gasteiger charge is -2.13. The van der Waals surface area contributed by atoms with Crippen LogP contribution in [0.1, 0.15) is 19.3 Å². The van der Waals surface area contributed by atoms with E-state index >= 15 is 0 Å². The van der Waals surface area contributed by atoms with Gasteiger partial charge in [-0.15, -0.1) is 0 Å². The Morgan fingerprint density at radius 1 is 1.62 bits per heavy atom. The van der Waals surface area contributed by atoms with Gasteiger partial charge in [-0.05, 0) is 19.3 Å². The van der Waals surface area contributed by atoms with Gasteiger partial charge in [0.1, 0.15) is 6.04 Å². The molecule has 1 heterocycles. The first-order valence-corrected chi connectivity index (χ1v) is 5.73. The number of esters is 1. The first-order chi connectivity index (χ1) is 7.74. The van der Waals surface area contributed by atoms with Crippen LogP contribution in [-0.2, 0) is 19.0 Å². The van der Waals surface area contributed by atoms with Gasteiger partial charge in [-0.2, -0.15) is 0 Å². The molecular weight excluding hydrogens is 210 g/mol. The monoisotopic (exact) mass is 231 g/mol. The summed E-state index contributed by atoms with van der Waals surface area (Å²) < 4.78 is 15.2. The van der Waals surface area contributed by atoms with Gasteiger partial charge in [-0.25, -0.2) is 0 Å². The molecule has 0 bridgehead atoms. The van der Waals surface area contributed by atoms with E-state index in [9.17, 15) is 4.79 Å². The molecule has 0 aromatic rings. The van der Waals surface area contributed by atoms with E-state index in [2.05, 4.69) is 0 Å². The van der Waals surface area contributed by atoms with Crippen LogP contribution in [-0.4, -0.2) is 45.5 Å². The highest BCUT2D eigenvalue weighted by Crippen LogP contribution is 2.12. The predicted octanol–water partition coefficient (Wildman–Crippen LogP) is 0.320. The molecule has 2 atom stereocenters. The number of nitrogens with two attached hydrogens (primary N) is 1. The standard InChI is InChI=1S/C11H21NO4/c1-14-5-2-3-10(12)11(13)16-8-9-4-6-15-7-9/h9-10H,2-8,12H2,1H3. The Hall–Kier alpha value is -0.650. The fourth-order valence-corrected chi connectivity index (χ4v) is 1.59. The van der Waals surface area contributed by atoms with Gasteiger partial charge < -0.3 is 19.9 Å². The fourth-order valence-electron chi connectivity index (χ4n) is 1.59. The second kappa shape index (κ2) is 7.60. The molecular formula is C11H21NO4. The van der Waals surface area contributed by atoms with Gasteiger partial charge in [-0.3, -0.25) is 4.79 Å². The second-order valence-corrected chi connectivity index (χ2v) is 4.10. The Labute approximate surface area is 96.2 Å². The van der Waals surface area contributed by atoms with E-state index in [-0.39, 0.29) is 5.97 Å². The molecule has 2 N–H and O–H groups in total. The van der Waals surface area contributed by atoms with Crippen molar-refractivity contribution in [3.63, 3.8) is 0 Å². The van der Waals surface area contributed by atoms with E-state index in [1.54, 1.807) is 7.11 Å². The van der Waals surface area contributed by atoms with Gasteiger partial charge in [-0.1, -0.05) is 0 Å². The molecule has 5 nitrogen and oxygen atoms in total. The number of methoxy groups -OCH3 is 1. The third kappa shape index (κ3) is 4.92. The van der Waals surface area contributed by atoms with Crippen molar-refractivity contribution in [2.24, 2.45) is 11.7 Å². The van der Waals surface area contributed by atoms with Crippen LogP contribution < -0.4 is 5.73 Å². The normalized spacial score (nSPS) is 22.0. The van der Waals surface area contributed by atoms with Crippen LogP contribution in [0.25, 0.3) is 0 Å². The summed E-state index contributed by atoms with van der Waals surface area (Å²) in [5, 5.41) is 0. The van der Waals surface area contributed by atoms with Gasteiger partial charge in [0.25, 0.3) is 0 Å².